The molecule has 1 saturated carbocycles. The predicted molar refractivity (Wildman–Crippen MR) is 77.6 cm³/mol. The highest BCUT2D eigenvalue weighted by Crippen LogP contribution is 2.27. The van der Waals surface area contributed by atoms with Gasteiger partial charge in [-0.15, -0.1) is 0 Å². The fourth-order valence-electron chi connectivity index (χ4n) is 2.70. The molecule has 2 rings (SSSR count). The van der Waals surface area contributed by atoms with E-state index in [2.05, 4.69) is 5.32 Å². The molecule has 1 aromatic carbocycles. The van der Waals surface area contributed by atoms with Crippen LogP contribution in [0.3, 0.4) is 0 Å². The largest absolute Gasteiger partial charge is 0.493 e. The molecule has 2 N–H and O–H groups in total. The Morgan fingerprint density at radius 3 is 2.52 bits per heavy atom. The third-order valence-corrected chi connectivity index (χ3v) is 3.93. The lowest BCUT2D eigenvalue weighted by atomic mass is 9.82. The minimum atomic E-state index is -0.453. The Labute approximate surface area is 124 Å². The standard InChI is InChI=1S/C16H22FNO3/c17-13-4-6-14(7-5-13)21-11-8-15(20)18-16(12-19)9-2-1-3-10-16/h4-7,19H,1-3,8-12H2,(H,18,20). The average Bonchev–Trinajstić information content (AvgIpc) is 2.50. The van der Waals surface area contributed by atoms with Crippen LogP contribution in [0, 0.1) is 5.82 Å². The second-order valence-corrected chi connectivity index (χ2v) is 5.60. The molecule has 1 aromatic rings. The van der Waals surface area contributed by atoms with Crippen LogP contribution < -0.4 is 10.1 Å². The lowest BCUT2D eigenvalue weighted by Gasteiger charge is -2.36. The van der Waals surface area contributed by atoms with Crippen LogP contribution in [-0.4, -0.2) is 29.8 Å². The van der Waals surface area contributed by atoms with Gasteiger partial charge in [-0.25, -0.2) is 4.39 Å². The molecule has 0 aromatic heterocycles. The third kappa shape index (κ3) is 4.70. The number of ether oxygens (including phenoxy) is 1. The van der Waals surface area contributed by atoms with Crippen molar-refractivity contribution in [2.45, 2.75) is 44.1 Å². The zero-order valence-corrected chi connectivity index (χ0v) is 12.1. The number of amides is 1. The van der Waals surface area contributed by atoms with Crippen molar-refractivity contribution >= 4 is 5.91 Å². The SMILES string of the molecule is O=C(CCOc1ccc(F)cc1)NC1(CO)CCCCC1. The lowest BCUT2D eigenvalue weighted by molar-refractivity contribution is -0.124. The van der Waals surface area contributed by atoms with Gasteiger partial charge in [-0.2, -0.15) is 0 Å². The van der Waals surface area contributed by atoms with Gasteiger partial charge in [0.15, 0.2) is 0 Å². The number of rotatable bonds is 6. The zero-order valence-electron chi connectivity index (χ0n) is 12.1. The molecular weight excluding hydrogens is 273 g/mol. The number of benzene rings is 1. The molecule has 0 saturated heterocycles. The molecule has 1 aliphatic carbocycles. The summed E-state index contributed by atoms with van der Waals surface area (Å²) < 4.78 is 18.1. The molecule has 0 radical (unpaired) electrons. The van der Waals surface area contributed by atoms with Gasteiger partial charge in [0.25, 0.3) is 0 Å². The Hall–Kier alpha value is -1.62. The maximum atomic E-state index is 12.7. The first kappa shape index (κ1) is 15.8. The Balaban J connectivity index is 1.75. The van der Waals surface area contributed by atoms with Gasteiger partial charge in [-0.05, 0) is 37.1 Å². The smallest absolute Gasteiger partial charge is 0.223 e. The third-order valence-electron chi connectivity index (χ3n) is 3.93. The molecule has 1 amide bonds. The van der Waals surface area contributed by atoms with Gasteiger partial charge in [-0.3, -0.25) is 4.79 Å². The summed E-state index contributed by atoms with van der Waals surface area (Å²) in [4.78, 5) is 12.0. The minimum absolute atomic E-state index is 0.0163. The van der Waals surface area contributed by atoms with Crippen LogP contribution in [0.5, 0.6) is 5.75 Å². The van der Waals surface area contributed by atoms with Crippen molar-refractivity contribution in [3.63, 3.8) is 0 Å². The van der Waals surface area contributed by atoms with Crippen molar-refractivity contribution in [3.8, 4) is 5.75 Å². The fourth-order valence-corrected chi connectivity index (χ4v) is 2.70. The van der Waals surface area contributed by atoms with Crippen molar-refractivity contribution < 1.29 is 19.0 Å². The first-order valence-corrected chi connectivity index (χ1v) is 7.44. The molecule has 4 nitrogen and oxygen atoms in total. The molecule has 0 aliphatic heterocycles. The van der Waals surface area contributed by atoms with E-state index in [-0.39, 0.29) is 31.4 Å². The molecular formula is C16H22FNO3. The number of carbonyl (C=O) groups excluding carboxylic acids is 1. The van der Waals surface area contributed by atoms with E-state index in [1.54, 1.807) is 0 Å². The fraction of sp³-hybridized carbons (Fsp3) is 0.562. The highest BCUT2D eigenvalue weighted by molar-refractivity contribution is 5.77. The van der Waals surface area contributed by atoms with E-state index in [1.807, 2.05) is 0 Å². The summed E-state index contributed by atoms with van der Waals surface area (Å²) >= 11 is 0. The van der Waals surface area contributed by atoms with Crippen molar-refractivity contribution in [1.29, 1.82) is 0 Å². The minimum Gasteiger partial charge on any atom is -0.493 e. The number of hydrogen-bond acceptors (Lipinski definition) is 3. The van der Waals surface area contributed by atoms with Crippen LogP contribution in [0.2, 0.25) is 0 Å². The summed E-state index contributed by atoms with van der Waals surface area (Å²) in [5.41, 5.74) is -0.453. The molecule has 21 heavy (non-hydrogen) atoms. The maximum absolute atomic E-state index is 12.7. The summed E-state index contributed by atoms with van der Waals surface area (Å²) in [7, 11) is 0. The molecule has 1 aliphatic rings. The van der Waals surface area contributed by atoms with Crippen molar-refractivity contribution in [3.05, 3.63) is 30.1 Å². The number of halogens is 1. The van der Waals surface area contributed by atoms with E-state index >= 15 is 0 Å². The number of hydrogen-bond donors (Lipinski definition) is 2. The number of carbonyl (C=O) groups is 1. The van der Waals surface area contributed by atoms with Crippen LogP contribution in [-0.2, 0) is 4.79 Å². The van der Waals surface area contributed by atoms with Gasteiger partial charge in [-0.1, -0.05) is 19.3 Å². The predicted octanol–water partition coefficient (Wildman–Crippen LogP) is 2.41. The molecule has 0 atom stereocenters. The van der Waals surface area contributed by atoms with Crippen LogP contribution >= 0.6 is 0 Å². The van der Waals surface area contributed by atoms with E-state index in [9.17, 15) is 14.3 Å². The summed E-state index contributed by atoms with van der Waals surface area (Å²) in [5.74, 6) is 0.106. The molecule has 0 spiro atoms. The highest BCUT2D eigenvalue weighted by atomic mass is 19.1. The van der Waals surface area contributed by atoms with Crippen molar-refractivity contribution in [2.24, 2.45) is 0 Å². The zero-order chi connectivity index (χ0) is 15.1. The number of aliphatic hydroxyl groups excluding tert-OH is 1. The van der Waals surface area contributed by atoms with E-state index < -0.39 is 5.54 Å². The van der Waals surface area contributed by atoms with E-state index in [0.29, 0.717) is 5.75 Å². The van der Waals surface area contributed by atoms with E-state index in [1.165, 1.54) is 24.3 Å². The Morgan fingerprint density at radius 2 is 1.90 bits per heavy atom. The number of aliphatic hydroxyl groups is 1. The summed E-state index contributed by atoms with van der Waals surface area (Å²) in [6.07, 6.45) is 5.10. The van der Waals surface area contributed by atoms with Crippen molar-refractivity contribution in [2.75, 3.05) is 13.2 Å². The molecule has 0 unspecified atom stereocenters. The lowest BCUT2D eigenvalue weighted by Crippen LogP contribution is -2.52. The van der Waals surface area contributed by atoms with Gasteiger partial charge in [0, 0.05) is 0 Å². The van der Waals surface area contributed by atoms with Crippen LogP contribution in [0.25, 0.3) is 0 Å². The summed E-state index contributed by atoms with van der Waals surface area (Å²) in [5, 5.41) is 12.5. The summed E-state index contributed by atoms with van der Waals surface area (Å²) in [6, 6.07) is 5.70. The van der Waals surface area contributed by atoms with Gasteiger partial charge in [0.1, 0.15) is 11.6 Å². The molecule has 1 fully saturated rings. The Bertz CT molecular complexity index is 455. The van der Waals surface area contributed by atoms with E-state index in [4.69, 9.17) is 4.74 Å². The summed E-state index contributed by atoms with van der Waals surface area (Å²) in [6.45, 7) is 0.219. The second-order valence-electron chi connectivity index (χ2n) is 5.60. The first-order chi connectivity index (χ1) is 10.1. The topological polar surface area (TPSA) is 58.6 Å². The Kier molecular flexibility index (Phi) is 5.56. The van der Waals surface area contributed by atoms with Gasteiger partial charge >= 0.3 is 0 Å². The highest BCUT2D eigenvalue weighted by Gasteiger charge is 2.32. The molecule has 0 bridgehead atoms. The first-order valence-electron chi connectivity index (χ1n) is 7.44. The Morgan fingerprint density at radius 1 is 1.24 bits per heavy atom. The van der Waals surface area contributed by atoms with Gasteiger partial charge in [0.05, 0.1) is 25.2 Å². The van der Waals surface area contributed by atoms with Gasteiger partial charge in [0.2, 0.25) is 5.91 Å². The molecule has 116 valence electrons. The van der Waals surface area contributed by atoms with Crippen LogP contribution in [0.1, 0.15) is 38.5 Å². The normalized spacial score (nSPS) is 17.2. The maximum Gasteiger partial charge on any atom is 0.223 e. The monoisotopic (exact) mass is 295 g/mol. The van der Waals surface area contributed by atoms with E-state index in [0.717, 1.165) is 32.1 Å². The van der Waals surface area contributed by atoms with Crippen LogP contribution in [0.15, 0.2) is 24.3 Å². The van der Waals surface area contributed by atoms with Crippen LogP contribution in [0.4, 0.5) is 4.39 Å². The molecule has 5 heteroatoms. The van der Waals surface area contributed by atoms with Gasteiger partial charge < -0.3 is 15.2 Å². The molecule has 0 heterocycles. The van der Waals surface area contributed by atoms with Crippen molar-refractivity contribution in [1.82, 2.24) is 5.32 Å². The quantitative estimate of drug-likeness (QED) is 0.847. The number of nitrogens with one attached hydrogen (secondary N) is 1. The second kappa shape index (κ2) is 7.41. The average molecular weight is 295 g/mol.